The number of nitrogens with zero attached hydrogens (tertiary/aromatic N) is 1. The molecule has 0 radical (unpaired) electrons. The quantitative estimate of drug-likeness (QED) is 0.594. The molecule has 3 nitrogen and oxygen atoms in total. The van der Waals surface area contributed by atoms with E-state index in [0.717, 1.165) is 25.7 Å². The molecule has 0 aromatic carbocycles. The zero-order valence-corrected chi connectivity index (χ0v) is 7.92. The molecule has 1 saturated carbocycles. The maximum Gasteiger partial charge on any atom is 0.0558 e. The first kappa shape index (κ1) is 9.96. The molecular weight excluding hydrogens is 152 g/mol. The monoisotopic (exact) mass is 172 g/mol. The van der Waals surface area contributed by atoms with E-state index in [9.17, 15) is 0 Å². The van der Waals surface area contributed by atoms with Crippen molar-refractivity contribution in [3.63, 3.8) is 0 Å². The average molecular weight is 172 g/mol. The Bertz CT molecular complexity index is 115. The van der Waals surface area contributed by atoms with Gasteiger partial charge in [0.15, 0.2) is 0 Å². The summed E-state index contributed by atoms with van der Waals surface area (Å²) in [4.78, 5) is 2.39. The molecule has 0 unspecified atom stereocenters. The Morgan fingerprint density at radius 1 is 1.42 bits per heavy atom. The second-order valence-electron chi connectivity index (χ2n) is 3.45. The van der Waals surface area contributed by atoms with Gasteiger partial charge in [-0.25, -0.2) is 0 Å². The number of hydrogen-bond acceptors (Lipinski definition) is 3. The van der Waals surface area contributed by atoms with Crippen LogP contribution in [0.5, 0.6) is 0 Å². The maximum absolute atomic E-state index is 8.84. The van der Waals surface area contributed by atoms with Gasteiger partial charge in [0, 0.05) is 25.7 Å². The second kappa shape index (κ2) is 5.51. The average Bonchev–Trinajstić information content (AvgIpc) is 1.97. The number of aliphatic hydroxyl groups is 1. The summed E-state index contributed by atoms with van der Waals surface area (Å²) in [6, 6.07) is 0.755. The molecule has 0 amide bonds. The highest BCUT2D eigenvalue weighted by Crippen LogP contribution is 2.23. The summed E-state index contributed by atoms with van der Waals surface area (Å²) in [6.07, 6.45) is 4.01. The maximum atomic E-state index is 8.84. The minimum atomic E-state index is 0.292. The number of nitrogens with one attached hydrogen (secondary N) is 1. The van der Waals surface area contributed by atoms with E-state index < -0.39 is 0 Å². The third-order valence-electron chi connectivity index (χ3n) is 2.63. The largest absolute Gasteiger partial charge is 0.395 e. The van der Waals surface area contributed by atoms with Gasteiger partial charge in [0.2, 0.25) is 0 Å². The molecule has 0 aromatic heterocycles. The molecule has 72 valence electrons. The first-order chi connectivity index (χ1) is 5.88. The highest BCUT2D eigenvalue weighted by atomic mass is 16.3. The van der Waals surface area contributed by atoms with Gasteiger partial charge in [0.25, 0.3) is 0 Å². The molecule has 0 saturated heterocycles. The number of likely N-dealkylation sites (N-methyl/N-ethyl adjacent to an activating group) is 1. The van der Waals surface area contributed by atoms with Crippen molar-refractivity contribution < 1.29 is 5.11 Å². The first-order valence-electron chi connectivity index (χ1n) is 4.88. The van der Waals surface area contributed by atoms with Crippen molar-refractivity contribution in [1.82, 2.24) is 10.2 Å². The normalized spacial score (nSPS) is 18.2. The summed E-state index contributed by atoms with van der Waals surface area (Å²) in [7, 11) is 1.97. The van der Waals surface area contributed by atoms with Crippen LogP contribution in [0.2, 0.25) is 0 Å². The zero-order chi connectivity index (χ0) is 8.81. The van der Waals surface area contributed by atoms with Crippen LogP contribution in [-0.2, 0) is 0 Å². The molecule has 12 heavy (non-hydrogen) atoms. The molecule has 0 atom stereocenters. The lowest BCUT2D eigenvalue weighted by atomic mass is 9.91. The Kier molecular flexibility index (Phi) is 4.58. The van der Waals surface area contributed by atoms with E-state index >= 15 is 0 Å². The van der Waals surface area contributed by atoms with E-state index in [0.29, 0.717) is 6.61 Å². The molecule has 2 N–H and O–H groups in total. The molecule has 0 bridgehead atoms. The van der Waals surface area contributed by atoms with Gasteiger partial charge in [-0.05, 0) is 19.9 Å². The zero-order valence-electron chi connectivity index (χ0n) is 7.92. The van der Waals surface area contributed by atoms with Crippen molar-refractivity contribution in [3.05, 3.63) is 0 Å². The second-order valence-corrected chi connectivity index (χ2v) is 3.45. The molecule has 0 aromatic rings. The Hall–Kier alpha value is -0.120. The molecule has 3 heteroatoms. The van der Waals surface area contributed by atoms with Crippen molar-refractivity contribution in [2.75, 3.05) is 33.3 Å². The highest BCUT2D eigenvalue weighted by Gasteiger charge is 2.23. The van der Waals surface area contributed by atoms with Crippen molar-refractivity contribution in [2.24, 2.45) is 0 Å². The Morgan fingerprint density at radius 2 is 2.17 bits per heavy atom. The highest BCUT2D eigenvalue weighted by molar-refractivity contribution is 4.79. The topological polar surface area (TPSA) is 35.5 Å². The molecule has 1 aliphatic rings. The van der Waals surface area contributed by atoms with Crippen LogP contribution in [0.4, 0.5) is 0 Å². The van der Waals surface area contributed by atoms with Gasteiger partial charge >= 0.3 is 0 Å². The summed E-state index contributed by atoms with van der Waals surface area (Å²) < 4.78 is 0. The summed E-state index contributed by atoms with van der Waals surface area (Å²) in [6.45, 7) is 3.23. The molecule has 1 aliphatic carbocycles. The summed E-state index contributed by atoms with van der Waals surface area (Å²) in [5.41, 5.74) is 0. The third-order valence-corrected chi connectivity index (χ3v) is 2.63. The van der Waals surface area contributed by atoms with Gasteiger partial charge in [0.05, 0.1) is 6.61 Å². The Morgan fingerprint density at radius 3 is 2.58 bits per heavy atom. The first-order valence-corrected chi connectivity index (χ1v) is 4.88. The minimum Gasteiger partial charge on any atom is -0.395 e. The van der Waals surface area contributed by atoms with Crippen LogP contribution >= 0.6 is 0 Å². The van der Waals surface area contributed by atoms with Crippen molar-refractivity contribution >= 4 is 0 Å². The lowest BCUT2D eigenvalue weighted by molar-refractivity contribution is 0.103. The van der Waals surface area contributed by atoms with Crippen LogP contribution in [0.15, 0.2) is 0 Å². The van der Waals surface area contributed by atoms with E-state index in [1.807, 2.05) is 7.05 Å². The number of rotatable bonds is 6. The molecule has 0 heterocycles. The van der Waals surface area contributed by atoms with Crippen LogP contribution in [0.3, 0.4) is 0 Å². The molecule has 1 fully saturated rings. The lowest BCUT2D eigenvalue weighted by Crippen LogP contribution is -2.44. The predicted molar refractivity (Wildman–Crippen MR) is 50.2 cm³/mol. The van der Waals surface area contributed by atoms with Gasteiger partial charge < -0.3 is 10.4 Å². The standard InChI is InChI=1S/C9H20N2O/c1-10-5-6-11(7-8-12)9-3-2-4-9/h9-10,12H,2-8H2,1H3. The van der Waals surface area contributed by atoms with Crippen LogP contribution in [0, 0.1) is 0 Å². The van der Waals surface area contributed by atoms with Crippen molar-refractivity contribution in [1.29, 1.82) is 0 Å². The van der Waals surface area contributed by atoms with Gasteiger partial charge in [-0.3, -0.25) is 4.90 Å². The van der Waals surface area contributed by atoms with Crippen LogP contribution < -0.4 is 5.32 Å². The molecule has 0 spiro atoms. The smallest absolute Gasteiger partial charge is 0.0558 e. The fourth-order valence-electron chi connectivity index (χ4n) is 1.61. The molecule has 1 rings (SSSR count). The fraction of sp³-hybridized carbons (Fsp3) is 1.00. The van der Waals surface area contributed by atoms with Crippen molar-refractivity contribution in [3.8, 4) is 0 Å². The SMILES string of the molecule is CNCCN(CCO)C1CCC1. The third kappa shape index (κ3) is 2.73. The fourth-order valence-corrected chi connectivity index (χ4v) is 1.61. The van der Waals surface area contributed by atoms with Gasteiger partial charge in [-0.1, -0.05) is 6.42 Å². The van der Waals surface area contributed by atoms with Gasteiger partial charge in [0.1, 0.15) is 0 Å². The van der Waals surface area contributed by atoms with Crippen LogP contribution in [-0.4, -0.2) is 49.3 Å². The Labute approximate surface area is 74.8 Å². The van der Waals surface area contributed by atoms with E-state index in [2.05, 4.69) is 10.2 Å². The van der Waals surface area contributed by atoms with Crippen LogP contribution in [0.1, 0.15) is 19.3 Å². The van der Waals surface area contributed by atoms with E-state index in [-0.39, 0.29) is 0 Å². The molecular formula is C9H20N2O. The number of hydrogen-bond donors (Lipinski definition) is 2. The summed E-state index contributed by atoms with van der Waals surface area (Å²) >= 11 is 0. The van der Waals surface area contributed by atoms with E-state index in [4.69, 9.17) is 5.11 Å². The van der Waals surface area contributed by atoms with E-state index in [1.54, 1.807) is 0 Å². The summed E-state index contributed by atoms with van der Waals surface area (Å²) in [5.74, 6) is 0. The Balaban J connectivity index is 2.17. The minimum absolute atomic E-state index is 0.292. The summed E-state index contributed by atoms with van der Waals surface area (Å²) in [5, 5.41) is 12.0. The molecule has 0 aliphatic heterocycles. The van der Waals surface area contributed by atoms with Gasteiger partial charge in [-0.2, -0.15) is 0 Å². The predicted octanol–water partition coefficient (Wildman–Crippen LogP) is 0.0526. The lowest BCUT2D eigenvalue weighted by Gasteiger charge is -2.37. The van der Waals surface area contributed by atoms with E-state index in [1.165, 1.54) is 19.3 Å². The van der Waals surface area contributed by atoms with Crippen molar-refractivity contribution in [2.45, 2.75) is 25.3 Å². The van der Waals surface area contributed by atoms with Crippen LogP contribution in [0.25, 0.3) is 0 Å². The van der Waals surface area contributed by atoms with Gasteiger partial charge in [-0.15, -0.1) is 0 Å². The number of aliphatic hydroxyl groups excluding tert-OH is 1.